The number of carbonyl (C=O) groups is 3. The van der Waals surface area contributed by atoms with Gasteiger partial charge in [0.1, 0.15) is 0 Å². The molecule has 2 amide bonds. The van der Waals surface area contributed by atoms with Crippen LogP contribution in [0.3, 0.4) is 0 Å². The van der Waals surface area contributed by atoms with Crippen molar-refractivity contribution in [1.82, 2.24) is 15.1 Å². The van der Waals surface area contributed by atoms with E-state index in [0.29, 0.717) is 13.2 Å². The Bertz CT molecular complexity index is 1260. The molecule has 2 heterocycles. The van der Waals surface area contributed by atoms with Crippen LogP contribution in [0.15, 0.2) is 42.5 Å². The largest absolute Gasteiger partial charge is 0.380 e. The first-order valence-corrected chi connectivity index (χ1v) is 12.5. The predicted molar refractivity (Wildman–Crippen MR) is 137 cm³/mol. The van der Waals surface area contributed by atoms with Crippen molar-refractivity contribution in [2.75, 3.05) is 38.7 Å². The second-order valence-corrected chi connectivity index (χ2v) is 9.68. The Balaban J connectivity index is 1.59. The zero-order chi connectivity index (χ0) is 29.3. The Morgan fingerprint density at radius 2 is 1.70 bits per heavy atom. The predicted octanol–water partition coefficient (Wildman–Crippen LogP) is -2.64. The molecule has 0 bridgehead atoms. The van der Waals surface area contributed by atoms with Crippen molar-refractivity contribution in [1.29, 1.82) is 0 Å². The van der Waals surface area contributed by atoms with E-state index >= 15 is 0 Å². The molecular weight excluding hydrogens is 528 g/mol. The van der Waals surface area contributed by atoms with Gasteiger partial charge in [-0.1, -0.05) is 30.3 Å². The molecule has 2 aromatic carbocycles. The molecule has 2 aliphatic rings. The smallest absolute Gasteiger partial charge is 0.281 e. The topological polar surface area (TPSA) is 212 Å². The van der Waals surface area contributed by atoms with Gasteiger partial charge in [0.05, 0.1) is 24.3 Å². The van der Waals surface area contributed by atoms with Crippen LogP contribution in [0, 0.1) is 0 Å². The lowest BCUT2D eigenvalue weighted by Crippen LogP contribution is -2.73. The molecule has 2 aromatic rings. The third-order valence-corrected chi connectivity index (χ3v) is 7.04. The van der Waals surface area contributed by atoms with Gasteiger partial charge in [0.2, 0.25) is 5.91 Å². The number of aliphatic hydroxyl groups is 6. The summed E-state index contributed by atoms with van der Waals surface area (Å²) in [6.07, 6.45) is -0.674. The SMILES string of the molecule is CNC(=O)C(N1C(=O)c2cccc(NCc3ccc(CN4CCOCC4)cc3)c2C1(O)O)C(O)(O)C(O)(O)C=O. The summed E-state index contributed by atoms with van der Waals surface area (Å²) >= 11 is 0. The van der Waals surface area contributed by atoms with Gasteiger partial charge >= 0.3 is 0 Å². The molecule has 8 N–H and O–H groups in total. The van der Waals surface area contributed by atoms with E-state index in [4.69, 9.17) is 4.74 Å². The molecule has 0 radical (unpaired) electrons. The quantitative estimate of drug-likeness (QED) is 0.111. The van der Waals surface area contributed by atoms with Crippen LogP contribution in [-0.2, 0) is 33.3 Å². The summed E-state index contributed by atoms with van der Waals surface area (Å²) in [5.41, 5.74) is 1.28. The van der Waals surface area contributed by atoms with Crippen molar-refractivity contribution >= 4 is 23.8 Å². The summed E-state index contributed by atoms with van der Waals surface area (Å²) in [6, 6.07) is 9.05. The number of anilines is 1. The van der Waals surface area contributed by atoms with Crippen LogP contribution in [0.25, 0.3) is 0 Å². The van der Waals surface area contributed by atoms with Crippen molar-refractivity contribution < 1.29 is 49.8 Å². The number of aldehydes is 1. The fourth-order valence-electron chi connectivity index (χ4n) is 4.81. The number of nitrogens with zero attached hydrogens (tertiary/aromatic N) is 2. The number of nitrogens with one attached hydrogen (secondary N) is 2. The van der Waals surface area contributed by atoms with E-state index in [1.54, 1.807) is 0 Å². The molecule has 1 atom stereocenters. The molecule has 1 fully saturated rings. The van der Waals surface area contributed by atoms with E-state index in [-0.39, 0.29) is 22.7 Å². The van der Waals surface area contributed by atoms with Gasteiger partial charge in [-0.05, 0) is 23.3 Å². The fourth-order valence-corrected chi connectivity index (χ4v) is 4.81. The van der Waals surface area contributed by atoms with Crippen molar-refractivity contribution in [3.8, 4) is 0 Å². The van der Waals surface area contributed by atoms with Crippen LogP contribution < -0.4 is 10.6 Å². The number of likely N-dealkylation sites (N-methyl/N-ethyl adjacent to an activating group) is 1. The summed E-state index contributed by atoms with van der Waals surface area (Å²) < 4.78 is 5.37. The van der Waals surface area contributed by atoms with Crippen LogP contribution >= 0.6 is 0 Å². The highest BCUT2D eigenvalue weighted by Gasteiger charge is 2.65. The monoisotopic (exact) mass is 560 g/mol. The Hall–Kier alpha value is -3.47. The molecule has 216 valence electrons. The number of carbonyl (C=O) groups excluding carboxylic acids is 3. The van der Waals surface area contributed by atoms with Crippen molar-refractivity contribution in [2.45, 2.75) is 36.6 Å². The first kappa shape index (κ1) is 29.5. The maximum atomic E-state index is 13.3. The lowest BCUT2D eigenvalue weighted by Gasteiger charge is -2.43. The molecular formula is C26H32N4O10. The van der Waals surface area contributed by atoms with E-state index < -0.39 is 47.2 Å². The molecule has 1 unspecified atom stereocenters. The summed E-state index contributed by atoms with van der Waals surface area (Å²) in [4.78, 5) is 39.3. The highest BCUT2D eigenvalue weighted by atomic mass is 16.6. The highest BCUT2D eigenvalue weighted by Crippen LogP contribution is 2.43. The van der Waals surface area contributed by atoms with Crippen LogP contribution in [-0.4, -0.2) is 110 Å². The van der Waals surface area contributed by atoms with Gasteiger partial charge in [-0.3, -0.25) is 24.2 Å². The number of morpholine rings is 1. The van der Waals surface area contributed by atoms with Crippen LogP contribution in [0.2, 0.25) is 0 Å². The third-order valence-electron chi connectivity index (χ3n) is 7.04. The molecule has 4 rings (SSSR count). The summed E-state index contributed by atoms with van der Waals surface area (Å²) in [6.45, 7) is 4.06. The molecule has 14 nitrogen and oxygen atoms in total. The molecule has 14 heteroatoms. The van der Waals surface area contributed by atoms with E-state index in [1.165, 1.54) is 18.2 Å². The minimum Gasteiger partial charge on any atom is -0.380 e. The third kappa shape index (κ3) is 5.31. The number of amides is 2. The standard InChI is InChI=1S/C26H32N4O10/c1-27-22(32)21(25(36,37)24(34,35)15-31)30-23(33)18-3-2-4-19(20(18)26(30,38)39)28-13-16-5-7-17(8-6-16)14-29-9-11-40-12-10-29/h2-8,15,21,28,34-39H,9-14H2,1H3,(H,27,32). The van der Waals surface area contributed by atoms with Gasteiger partial charge in [-0.25, -0.2) is 0 Å². The Morgan fingerprint density at radius 3 is 2.30 bits per heavy atom. The number of rotatable bonds is 10. The average Bonchev–Trinajstić information content (AvgIpc) is 3.14. The lowest BCUT2D eigenvalue weighted by molar-refractivity contribution is -0.365. The number of hydrogen-bond donors (Lipinski definition) is 8. The van der Waals surface area contributed by atoms with E-state index in [0.717, 1.165) is 37.8 Å². The second kappa shape index (κ2) is 11.2. The fraction of sp³-hybridized carbons (Fsp3) is 0.423. The molecule has 0 aromatic heterocycles. The van der Waals surface area contributed by atoms with Crippen LogP contribution in [0.5, 0.6) is 0 Å². The molecule has 0 saturated carbocycles. The number of benzene rings is 2. The molecule has 40 heavy (non-hydrogen) atoms. The van der Waals surface area contributed by atoms with E-state index in [1.807, 2.05) is 29.6 Å². The number of hydrogen-bond acceptors (Lipinski definition) is 12. The zero-order valence-electron chi connectivity index (χ0n) is 21.6. The first-order valence-electron chi connectivity index (χ1n) is 12.5. The Kier molecular flexibility index (Phi) is 8.26. The average molecular weight is 561 g/mol. The Morgan fingerprint density at radius 1 is 1.07 bits per heavy atom. The number of ether oxygens (including phenoxy) is 1. The van der Waals surface area contributed by atoms with Crippen LogP contribution in [0.1, 0.15) is 27.0 Å². The number of fused-ring (bicyclic) bond motifs is 1. The van der Waals surface area contributed by atoms with Gasteiger partial charge in [-0.2, -0.15) is 0 Å². The highest BCUT2D eigenvalue weighted by molar-refractivity contribution is 6.04. The van der Waals surface area contributed by atoms with Gasteiger partial charge in [0, 0.05) is 38.9 Å². The molecule has 2 aliphatic heterocycles. The second-order valence-electron chi connectivity index (χ2n) is 9.68. The summed E-state index contributed by atoms with van der Waals surface area (Å²) in [5, 5.41) is 67.9. The first-order chi connectivity index (χ1) is 18.8. The van der Waals surface area contributed by atoms with E-state index in [9.17, 15) is 45.0 Å². The van der Waals surface area contributed by atoms with Gasteiger partial charge in [-0.15, -0.1) is 0 Å². The zero-order valence-corrected chi connectivity index (χ0v) is 21.6. The minimum absolute atomic E-state index is 0.0349. The molecule has 0 spiro atoms. The summed E-state index contributed by atoms with van der Waals surface area (Å²) in [5.74, 6) is -14.0. The van der Waals surface area contributed by atoms with Gasteiger partial charge in [0.15, 0.2) is 12.3 Å². The maximum absolute atomic E-state index is 13.3. The summed E-state index contributed by atoms with van der Waals surface area (Å²) in [7, 11) is 1.02. The molecule has 1 saturated heterocycles. The van der Waals surface area contributed by atoms with Crippen molar-refractivity contribution in [2.24, 2.45) is 0 Å². The lowest BCUT2D eigenvalue weighted by atomic mass is 9.95. The van der Waals surface area contributed by atoms with Crippen LogP contribution in [0.4, 0.5) is 5.69 Å². The maximum Gasteiger partial charge on any atom is 0.281 e. The van der Waals surface area contributed by atoms with Crippen molar-refractivity contribution in [3.05, 3.63) is 64.7 Å². The van der Waals surface area contributed by atoms with Gasteiger partial charge < -0.3 is 46.0 Å². The normalized spacial score (nSPS) is 18.3. The van der Waals surface area contributed by atoms with Crippen molar-refractivity contribution in [3.63, 3.8) is 0 Å². The molecule has 0 aliphatic carbocycles. The minimum atomic E-state index is -4.06. The van der Waals surface area contributed by atoms with E-state index in [2.05, 4.69) is 10.2 Å². The van der Waals surface area contributed by atoms with Gasteiger partial charge in [0.25, 0.3) is 23.4 Å². The Labute approximate surface area is 229 Å².